The smallest absolute Gasteiger partial charge is 0.405 e. The second-order valence-corrected chi connectivity index (χ2v) is 7.57. The number of benzene rings is 3. The highest BCUT2D eigenvalue weighted by atomic mass is 19.4. The summed E-state index contributed by atoms with van der Waals surface area (Å²) in [7, 11) is 0. The molecule has 1 amide bonds. The average Bonchev–Trinajstić information content (AvgIpc) is 2.84. The number of nitrogens with zero attached hydrogens (tertiary/aromatic N) is 2. The van der Waals surface area contributed by atoms with Crippen molar-refractivity contribution in [2.24, 2.45) is 0 Å². The molecule has 0 atom stereocenters. The van der Waals surface area contributed by atoms with Crippen LogP contribution in [0.15, 0.2) is 82.4 Å². The van der Waals surface area contributed by atoms with Crippen LogP contribution in [0.4, 0.5) is 13.2 Å². The summed E-state index contributed by atoms with van der Waals surface area (Å²) in [5.74, 6) is -1.21. The Balaban J connectivity index is 1.81. The van der Waals surface area contributed by atoms with E-state index in [2.05, 4.69) is 4.74 Å². The van der Waals surface area contributed by atoms with Gasteiger partial charge in [-0.2, -0.15) is 0 Å². The lowest BCUT2D eigenvalue weighted by atomic mass is 10.1. The number of amides is 1. The van der Waals surface area contributed by atoms with Gasteiger partial charge in [-0.1, -0.05) is 42.5 Å². The molecule has 0 radical (unpaired) electrons. The van der Waals surface area contributed by atoms with Crippen LogP contribution in [0.2, 0.25) is 0 Å². The Bertz CT molecular complexity index is 1510. The Morgan fingerprint density at radius 3 is 2.23 bits per heavy atom. The zero-order valence-electron chi connectivity index (χ0n) is 18.0. The molecule has 2 N–H and O–H groups in total. The molecule has 0 spiro atoms. The highest BCUT2D eigenvalue weighted by Crippen LogP contribution is 2.26. The minimum Gasteiger partial charge on any atom is -0.405 e. The van der Waals surface area contributed by atoms with Crippen LogP contribution in [0.1, 0.15) is 21.5 Å². The van der Waals surface area contributed by atoms with Gasteiger partial charge >= 0.3 is 12.1 Å². The van der Waals surface area contributed by atoms with E-state index in [1.165, 1.54) is 46.4 Å². The number of hydrogen-bond donors (Lipinski definition) is 2. The zero-order chi connectivity index (χ0) is 25.2. The third-order valence-corrected chi connectivity index (χ3v) is 5.32. The van der Waals surface area contributed by atoms with Crippen LogP contribution in [0, 0.1) is 0 Å². The summed E-state index contributed by atoms with van der Waals surface area (Å²) in [6.45, 7) is -0.425. The molecule has 1 aromatic heterocycles. The minimum atomic E-state index is -4.94. The molecule has 0 bridgehead atoms. The van der Waals surface area contributed by atoms with Crippen molar-refractivity contribution in [3.8, 4) is 5.75 Å². The third kappa shape index (κ3) is 5.09. The van der Waals surface area contributed by atoms with Crippen molar-refractivity contribution in [2.45, 2.75) is 19.5 Å². The molecule has 35 heavy (non-hydrogen) atoms. The Morgan fingerprint density at radius 1 is 0.886 bits per heavy atom. The number of hydroxylamine groups is 1. The molecule has 0 aliphatic heterocycles. The van der Waals surface area contributed by atoms with Crippen LogP contribution >= 0.6 is 0 Å². The first kappa shape index (κ1) is 23.8. The number of para-hydroxylation sites is 2. The van der Waals surface area contributed by atoms with Crippen molar-refractivity contribution < 1.29 is 27.9 Å². The predicted molar refractivity (Wildman–Crippen MR) is 119 cm³/mol. The molecule has 4 rings (SSSR count). The van der Waals surface area contributed by atoms with E-state index in [1.807, 2.05) is 0 Å². The summed E-state index contributed by atoms with van der Waals surface area (Å²) in [6.07, 6.45) is -4.94. The minimum absolute atomic E-state index is 0.00484. The summed E-state index contributed by atoms with van der Waals surface area (Å²) >= 11 is 0. The van der Waals surface area contributed by atoms with Gasteiger partial charge in [-0.15, -0.1) is 13.2 Å². The first-order valence-electron chi connectivity index (χ1n) is 10.3. The lowest BCUT2D eigenvalue weighted by Crippen LogP contribution is -2.40. The van der Waals surface area contributed by atoms with Crippen LogP contribution < -0.4 is 21.5 Å². The Kier molecular flexibility index (Phi) is 6.43. The Morgan fingerprint density at radius 2 is 1.54 bits per heavy atom. The van der Waals surface area contributed by atoms with Gasteiger partial charge in [0.25, 0.3) is 11.5 Å². The molecule has 0 unspecified atom stereocenters. The van der Waals surface area contributed by atoms with Crippen molar-refractivity contribution in [2.75, 3.05) is 0 Å². The molecular formula is C24H18F3N3O5. The predicted octanol–water partition coefficient (Wildman–Crippen LogP) is 3.28. The average molecular weight is 485 g/mol. The van der Waals surface area contributed by atoms with Gasteiger partial charge < -0.3 is 4.74 Å². The van der Waals surface area contributed by atoms with Gasteiger partial charge in [-0.05, 0) is 35.9 Å². The fourth-order valence-corrected chi connectivity index (χ4v) is 3.70. The molecule has 0 aliphatic rings. The topological polar surface area (TPSA) is 103 Å². The van der Waals surface area contributed by atoms with Crippen LogP contribution in [0.25, 0.3) is 10.9 Å². The fraction of sp³-hybridized carbons (Fsp3) is 0.125. The van der Waals surface area contributed by atoms with Gasteiger partial charge in [-0.25, -0.2) is 10.3 Å². The van der Waals surface area contributed by atoms with E-state index < -0.39 is 35.8 Å². The molecule has 4 aromatic rings. The maximum atomic E-state index is 13.4. The summed E-state index contributed by atoms with van der Waals surface area (Å²) in [5, 5.41) is 8.96. The number of alkyl halides is 3. The highest BCUT2D eigenvalue weighted by molar-refractivity contribution is 5.93. The van der Waals surface area contributed by atoms with Crippen molar-refractivity contribution in [1.29, 1.82) is 0 Å². The monoisotopic (exact) mass is 485 g/mol. The van der Waals surface area contributed by atoms with E-state index in [9.17, 15) is 27.6 Å². The van der Waals surface area contributed by atoms with Crippen molar-refractivity contribution >= 4 is 16.8 Å². The number of nitrogens with one attached hydrogen (secondary N) is 1. The van der Waals surface area contributed by atoms with Crippen LogP contribution in [-0.2, 0) is 13.1 Å². The number of fused-ring (bicyclic) bond motifs is 1. The number of halogens is 3. The Labute approximate surface area is 195 Å². The molecule has 3 aromatic carbocycles. The number of carbonyl (C=O) groups excluding carboxylic acids is 1. The standard InChI is InChI=1S/C24H18F3N3O5/c25-24(26,27)35-20-8-4-1-5-17(20)14-30-22(32)18-6-2-3-7-19(18)29(23(30)33)13-15-9-11-16(12-10-15)21(31)28-34/h1-12,34H,13-14H2,(H,28,31). The lowest BCUT2D eigenvalue weighted by molar-refractivity contribution is -0.274. The van der Waals surface area contributed by atoms with E-state index in [0.717, 1.165) is 10.6 Å². The van der Waals surface area contributed by atoms with E-state index in [4.69, 9.17) is 5.21 Å². The van der Waals surface area contributed by atoms with Gasteiger partial charge in [0, 0.05) is 11.1 Å². The molecule has 0 aliphatic carbocycles. The van der Waals surface area contributed by atoms with Gasteiger partial charge in [-0.3, -0.25) is 23.9 Å². The molecule has 8 nitrogen and oxygen atoms in total. The second-order valence-electron chi connectivity index (χ2n) is 7.57. The van der Waals surface area contributed by atoms with Gasteiger partial charge in [0.15, 0.2) is 0 Å². The largest absolute Gasteiger partial charge is 0.573 e. The molecule has 1 heterocycles. The van der Waals surface area contributed by atoms with Crippen molar-refractivity contribution in [1.82, 2.24) is 14.6 Å². The van der Waals surface area contributed by atoms with Crippen LogP contribution in [-0.4, -0.2) is 26.6 Å². The molecule has 11 heteroatoms. The number of ether oxygens (including phenoxy) is 1. The second kappa shape index (κ2) is 9.47. The van der Waals surface area contributed by atoms with E-state index in [-0.39, 0.29) is 23.1 Å². The molecular weight excluding hydrogens is 467 g/mol. The lowest BCUT2D eigenvalue weighted by Gasteiger charge is -2.16. The van der Waals surface area contributed by atoms with Crippen molar-refractivity contribution in [3.05, 3.63) is 110 Å². The van der Waals surface area contributed by atoms with Gasteiger partial charge in [0.2, 0.25) is 0 Å². The molecule has 0 saturated heterocycles. The quantitative estimate of drug-likeness (QED) is 0.322. The maximum Gasteiger partial charge on any atom is 0.573 e. The molecule has 0 saturated carbocycles. The maximum absolute atomic E-state index is 13.4. The molecule has 180 valence electrons. The van der Waals surface area contributed by atoms with E-state index in [1.54, 1.807) is 30.3 Å². The number of carbonyl (C=O) groups is 1. The first-order valence-corrected chi connectivity index (χ1v) is 10.3. The van der Waals surface area contributed by atoms with Crippen LogP contribution in [0.5, 0.6) is 5.75 Å². The van der Waals surface area contributed by atoms with Gasteiger partial charge in [0.05, 0.1) is 24.0 Å². The number of hydrogen-bond acceptors (Lipinski definition) is 5. The number of aromatic nitrogens is 2. The highest BCUT2D eigenvalue weighted by Gasteiger charge is 2.32. The third-order valence-electron chi connectivity index (χ3n) is 5.32. The van der Waals surface area contributed by atoms with Crippen molar-refractivity contribution in [3.63, 3.8) is 0 Å². The summed E-state index contributed by atoms with van der Waals surface area (Å²) in [4.78, 5) is 38.1. The summed E-state index contributed by atoms with van der Waals surface area (Å²) in [6, 6.07) is 17.7. The fourth-order valence-electron chi connectivity index (χ4n) is 3.70. The SMILES string of the molecule is O=C(NO)c1ccc(Cn2c(=O)n(Cc3ccccc3OC(F)(F)F)c(=O)c3ccccc32)cc1. The normalized spacial score (nSPS) is 11.4. The van der Waals surface area contributed by atoms with E-state index in [0.29, 0.717) is 11.1 Å². The van der Waals surface area contributed by atoms with E-state index >= 15 is 0 Å². The number of rotatable bonds is 6. The zero-order valence-corrected chi connectivity index (χ0v) is 18.0. The summed E-state index contributed by atoms with van der Waals surface area (Å²) in [5.41, 5.74) is 1.29. The Hall–Kier alpha value is -4.38. The molecule has 0 fully saturated rings. The van der Waals surface area contributed by atoms with Gasteiger partial charge in [0.1, 0.15) is 5.75 Å². The summed E-state index contributed by atoms with van der Waals surface area (Å²) < 4.78 is 44.8. The van der Waals surface area contributed by atoms with Crippen LogP contribution in [0.3, 0.4) is 0 Å². The first-order chi connectivity index (χ1) is 16.7.